The Hall–Kier alpha value is -5.58. The van der Waals surface area contributed by atoms with Crippen LogP contribution < -0.4 is 10.3 Å². The third-order valence-corrected chi connectivity index (χ3v) is 8.57. The Balaban J connectivity index is 1.33. The highest BCUT2D eigenvalue weighted by Gasteiger charge is 2.33. The van der Waals surface area contributed by atoms with E-state index in [9.17, 15) is 14.4 Å². The maximum absolute atomic E-state index is 14.3. The maximum Gasteiger partial charge on any atom is 0.341 e. The first-order valence-electron chi connectivity index (χ1n) is 16.3. The predicted molar refractivity (Wildman–Crippen MR) is 181 cm³/mol. The molecule has 0 fully saturated rings. The summed E-state index contributed by atoms with van der Waals surface area (Å²) < 4.78 is 14.4. The van der Waals surface area contributed by atoms with Gasteiger partial charge in [0.1, 0.15) is 11.3 Å². The zero-order valence-electron chi connectivity index (χ0n) is 27.3. The van der Waals surface area contributed by atoms with Crippen LogP contribution in [0, 0.1) is 0 Å². The number of fused-ring (bicyclic) bond motifs is 1. The summed E-state index contributed by atoms with van der Waals surface area (Å²) in [4.78, 5) is 40.6. The number of esters is 2. The van der Waals surface area contributed by atoms with Gasteiger partial charge in [-0.15, -0.1) is 5.10 Å². The molecule has 11 nitrogen and oxygen atoms in total. The molecule has 0 spiro atoms. The fourth-order valence-electron chi connectivity index (χ4n) is 6.25. The number of aromatic nitrogens is 6. The molecule has 2 atom stereocenters. The van der Waals surface area contributed by atoms with Crippen molar-refractivity contribution in [3.8, 4) is 28.3 Å². The van der Waals surface area contributed by atoms with Crippen molar-refractivity contribution >= 4 is 11.9 Å². The Morgan fingerprint density at radius 1 is 0.896 bits per heavy atom. The highest BCUT2D eigenvalue weighted by molar-refractivity contribution is 5.94. The van der Waals surface area contributed by atoms with E-state index in [0.29, 0.717) is 24.2 Å². The van der Waals surface area contributed by atoms with Gasteiger partial charge in [0.05, 0.1) is 12.6 Å². The fraction of sp³-hybridized carbons (Fsp3) is 0.297. The average molecular weight is 647 g/mol. The van der Waals surface area contributed by atoms with Crippen LogP contribution in [0.4, 0.5) is 0 Å². The van der Waals surface area contributed by atoms with Crippen molar-refractivity contribution in [3.05, 3.63) is 118 Å². The number of carbonyl (C=O) groups is 2. The van der Waals surface area contributed by atoms with E-state index >= 15 is 0 Å². The molecule has 0 bridgehead atoms. The highest BCUT2D eigenvalue weighted by atomic mass is 16.5. The van der Waals surface area contributed by atoms with E-state index in [-0.39, 0.29) is 29.5 Å². The number of allylic oxidation sites excluding steroid dienone is 1. The summed E-state index contributed by atoms with van der Waals surface area (Å²) in [6.07, 6.45) is 7.71. The number of benzene rings is 3. The van der Waals surface area contributed by atoms with E-state index in [1.807, 2.05) is 66.2 Å². The summed E-state index contributed by atoms with van der Waals surface area (Å²) in [6.45, 7) is 6.05. The van der Waals surface area contributed by atoms with E-state index < -0.39 is 18.0 Å². The monoisotopic (exact) mass is 646 g/mol. The molecule has 5 aromatic rings. The number of hydrogen-bond acceptors (Lipinski definition) is 8. The van der Waals surface area contributed by atoms with Crippen molar-refractivity contribution in [1.29, 1.82) is 0 Å². The number of aromatic amines is 1. The standard InChI is InChI=1S/C37H38N6O5/c1-4-6-7-15-31-30(23-25-18-20-26(21-19-25)27-12-8-9-13-28(27)34-38-40-41-39-34)35(44)43-32(22-17-24(3)42(31)43)37(46)48-33-16-11-10-14-29(33)36(45)47-5-2/h8-14,16-22,24,32H,4-7,15,23H2,1-3H3,(H,38,39,40,41). The molecule has 3 heterocycles. The van der Waals surface area contributed by atoms with E-state index in [4.69, 9.17) is 9.47 Å². The van der Waals surface area contributed by atoms with Gasteiger partial charge in [0.15, 0.2) is 11.9 Å². The normalized spacial score (nSPS) is 15.2. The van der Waals surface area contributed by atoms with Crippen LogP contribution in [0.5, 0.6) is 5.75 Å². The molecule has 48 heavy (non-hydrogen) atoms. The number of carbonyl (C=O) groups excluding carboxylic acids is 2. The molecular weight excluding hydrogens is 608 g/mol. The Kier molecular flexibility index (Phi) is 9.75. The van der Waals surface area contributed by atoms with Gasteiger partial charge in [-0.05, 0) is 65.9 Å². The van der Waals surface area contributed by atoms with Crippen LogP contribution in [-0.2, 0) is 22.4 Å². The summed E-state index contributed by atoms with van der Waals surface area (Å²) in [6, 6.07) is 21.3. The summed E-state index contributed by atoms with van der Waals surface area (Å²) in [5.41, 5.74) is 5.32. The molecule has 0 radical (unpaired) electrons. The SMILES string of the molecule is CCCCCc1c(Cc2ccc(-c3ccccc3-c3nnn[nH]3)cc2)c(=O)n2n1C(C)C=CC2C(=O)Oc1ccccc1C(=O)OCC. The van der Waals surface area contributed by atoms with Gasteiger partial charge in [-0.25, -0.2) is 19.4 Å². The number of para-hydroxylation sites is 1. The zero-order chi connectivity index (χ0) is 33.6. The maximum atomic E-state index is 14.3. The first-order chi connectivity index (χ1) is 23.4. The lowest BCUT2D eigenvalue weighted by Gasteiger charge is -2.27. The Bertz CT molecular complexity index is 1990. The molecular formula is C37H38N6O5. The first kappa shape index (κ1) is 32.4. The lowest BCUT2D eigenvalue weighted by molar-refractivity contribution is -0.137. The first-order valence-corrected chi connectivity index (χ1v) is 16.3. The van der Waals surface area contributed by atoms with Crippen molar-refractivity contribution in [1.82, 2.24) is 30.0 Å². The summed E-state index contributed by atoms with van der Waals surface area (Å²) in [5, 5.41) is 14.4. The van der Waals surface area contributed by atoms with Crippen molar-refractivity contribution < 1.29 is 19.1 Å². The van der Waals surface area contributed by atoms with Gasteiger partial charge >= 0.3 is 11.9 Å². The van der Waals surface area contributed by atoms with Gasteiger partial charge in [0, 0.05) is 23.2 Å². The molecule has 2 unspecified atom stereocenters. The van der Waals surface area contributed by atoms with Crippen molar-refractivity contribution in [2.75, 3.05) is 6.61 Å². The van der Waals surface area contributed by atoms with Crippen molar-refractivity contribution in [2.45, 2.75) is 65.0 Å². The number of H-pyrrole nitrogens is 1. The summed E-state index contributed by atoms with van der Waals surface area (Å²) in [7, 11) is 0. The fourth-order valence-corrected chi connectivity index (χ4v) is 6.25. The van der Waals surface area contributed by atoms with E-state index in [1.165, 1.54) is 4.68 Å². The topological polar surface area (TPSA) is 134 Å². The molecule has 3 aromatic carbocycles. The second-order valence-electron chi connectivity index (χ2n) is 11.8. The molecule has 0 aliphatic carbocycles. The number of ether oxygens (including phenoxy) is 2. The molecule has 1 aliphatic heterocycles. The molecule has 1 N–H and O–H groups in total. The molecule has 1 aliphatic rings. The quantitative estimate of drug-likeness (QED) is 0.0725. The van der Waals surface area contributed by atoms with E-state index in [2.05, 4.69) is 27.5 Å². The number of tetrazole rings is 1. The third-order valence-electron chi connectivity index (χ3n) is 8.57. The largest absolute Gasteiger partial charge is 0.462 e. The molecule has 2 aromatic heterocycles. The van der Waals surface area contributed by atoms with Gasteiger partial charge in [0.25, 0.3) is 5.56 Å². The second-order valence-corrected chi connectivity index (χ2v) is 11.8. The second kappa shape index (κ2) is 14.5. The van der Waals surface area contributed by atoms with Crippen LogP contribution in [-0.4, -0.2) is 48.5 Å². The van der Waals surface area contributed by atoms with Gasteiger partial charge in [-0.2, -0.15) is 0 Å². The minimum atomic E-state index is -1.01. The third kappa shape index (κ3) is 6.48. The molecule has 11 heteroatoms. The Morgan fingerprint density at radius 3 is 2.38 bits per heavy atom. The number of rotatable bonds is 12. The van der Waals surface area contributed by atoms with Crippen molar-refractivity contribution in [3.63, 3.8) is 0 Å². The van der Waals surface area contributed by atoms with Crippen molar-refractivity contribution in [2.24, 2.45) is 0 Å². The lowest BCUT2D eigenvalue weighted by Crippen LogP contribution is -2.37. The van der Waals surface area contributed by atoms with E-state index in [1.54, 1.807) is 37.3 Å². The number of hydrogen-bond donors (Lipinski definition) is 1. The van der Waals surface area contributed by atoms with Gasteiger partial charge in [0.2, 0.25) is 0 Å². The number of nitrogens with one attached hydrogen (secondary N) is 1. The molecule has 0 saturated heterocycles. The molecule has 0 amide bonds. The van der Waals surface area contributed by atoms with Gasteiger partial charge in [-0.1, -0.05) is 92.6 Å². The van der Waals surface area contributed by atoms with Crippen LogP contribution in [0.15, 0.2) is 89.7 Å². The summed E-state index contributed by atoms with van der Waals surface area (Å²) in [5.74, 6) is -0.575. The van der Waals surface area contributed by atoms with Crippen LogP contribution in [0.2, 0.25) is 0 Å². The summed E-state index contributed by atoms with van der Waals surface area (Å²) >= 11 is 0. The smallest absolute Gasteiger partial charge is 0.341 e. The number of unbranched alkanes of at least 4 members (excludes halogenated alkanes) is 2. The Morgan fingerprint density at radius 2 is 1.65 bits per heavy atom. The Labute approximate surface area is 278 Å². The molecule has 6 rings (SSSR count). The van der Waals surface area contributed by atoms with Crippen LogP contribution >= 0.6 is 0 Å². The van der Waals surface area contributed by atoms with Gasteiger partial charge < -0.3 is 9.47 Å². The minimum Gasteiger partial charge on any atom is -0.462 e. The minimum absolute atomic E-state index is 0.0868. The predicted octanol–water partition coefficient (Wildman–Crippen LogP) is 6.27. The zero-order valence-corrected chi connectivity index (χ0v) is 27.3. The number of nitrogens with zero attached hydrogens (tertiary/aromatic N) is 5. The average Bonchev–Trinajstić information content (AvgIpc) is 3.74. The van der Waals surface area contributed by atoms with Crippen LogP contribution in [0.1, 0.15) is 79.3 Å². The molecule has 246 valence electrons. The van der Waals surface area contributed by atoms with Gasteiger partial charge in [-0.3, -0.25) is 9.48 Å². The van der Waals surface area contributed by atoms with Crippen LogP contribution in [0.3, 0.4) is 0 Å². The molecule has 0 saturated carbocycles. The highest BCUT2D eigenvalue weighted by Crippen LogP contribution is 2.32. The lowest BCUT2D eigenvalue weighted by atomic mass is 9.96. The van der Waals surface area contributed by atoms with Crippen LogP contribution in [0.25, 0.3) is 22.5 Å². The van der Waals surface area contributed by atoms with E-state index in [0.717, 1.165) is 47.2 Å².